The summed E-state index contributed by atoms with van der Waals surface area (Å²) in [5.41, 5.74) is 1.56. The Kier molecular flexibility index (Phi) is 7.14. The monoisotopic (exact) mass is 359 g/mol. The molecule has 0 spiro atoms. The first-order chi connectivity index (χ1) is 12.4. The molecule has 0 radical (unpaired) electrons. The maximum absolute atomic E-state index is 13.0. The predicted octanol–water partition coefficient (Wildman–Crippen LogP) is 3.89. The number of anilines is 1. The highest BCUT2D eigenvalue weighted by atomic mass is 19.1. The maximum atomic E-state index is 13.0. The van der Waals surface area contributed by atoms with E-state index in [-0.39, 0.29) is 18.1 Å². The topological polar surface area (TPSA) is 75.6 Å². The van der Waals surface area contributed by atoms with Crippen LogP contribution in [-0.2, 0) is 16.0 Å². The third-order valence-electron chi connectivity index (χ3n) is 3.81. The zero-order valence-electron chi connectivity index (χ0n) is 14.6. The van der Waals surface area contributed by atoms with Crippen LogP contribution in [0.25, 0.3) is 0 Å². The number of carbonyl (C=O) groups is 2. The second kappa shape index (κ2) is 9.56. The van der Waals surface area contributed by atoms with Crippen LogP contribution in [-0.4, -0.2) is 23.6 Å². The molecule has 0 aliphatic carbocycles. The van der Waals surface area contributed by atoms with Crippen LogP contribution in [0.15, 0.2) is 48.5 Å². The highest BCUT2D eigenvalue weighted by Gasteiger charge is 2.11. The Balaban J connectivity index is 1.71. The number of aliphatic carboxylic acids is 1. The third-order valence-corrected chi connectivity index (χ3v) is 3.81. The van der Waals surface area contributed by atoms with Crippen molar-refractivity contribution in [2.45, 2.75) is 26.2 Å². The number of hydrogen-bond acceptors (Lipinski definition) is 3. The van der Waals surface area contributed by atoms with Gasteiger partial charge >= 0.3 is 5.97 Å². The molecule has 26 heavy (non-hydrogen) atoms. The summed E-state index contributed by atoms with van der Waals surface area (Å²) in [4.78, 5) is 22.8. The molecule has 2 aromatic carbocycles. The van der Waals surface area contributed by atoms with Gasteiger partial charge in [-0.1, -0.05) is 25.1 Å². The third kappa shape index (κ3) is 6.55. The van der Waals surface area contributed by atoms with Crippen LogP contribution in [0.4, 0.5) is 10.1 Å². The first kappa shape index (κ1) is 19.4. The molecule has 0 saturated carbocycles. The average molecular weight is 359 g/mol. The summed E-state index contributed by atoms with van der Waals surface area (Å²) in [7, 11) is 0. The normalized spacial score (nSPS) is 11.6. The minimum absolute atomic E-state index is 0.139. The van der Waals surface area contributed by atoms with Crippen LogP contribution < -0.4 is 10.1 Å². The Morgan fingerprint density at radius 3 is 2.58 bits per heavy atom. The Morgan fingerprint density at radius 1 is 1.19 bits per heavy atom. The van der Waals surface area contributed by atoms with Crippen molar-refractivity contribution < 1.29 is 23.8 Å². The number of carboxylic acids is 1. The second-order valence-corrected chi connectivity index (χ2v) is 6.10. The molecule has 0 heterocycles. The van der Waals surface area contributed by atoms with Gasteiger partial charge in [-0.05, 0) is 42.7 Å². The van der Waals surface area contributed by atoms with Gasteiger partial charge < -0.3 is 15.2 Å². The molecule has 1 unspecified atom stereocenters. The highest BCUT2D eigenvalue weighted by molar-refractivity contribution is 5.90. The van der Waals surface area contributed by atoms with E-state index in [9.17, 15) is 14.0 Å². The fourth-order valence-corrected chi connectivity index (χ4v) is 2.37. The van der Waals surface area contributed by atoms with Crippen molar-refractivity contribution in [3.63, 3.8) is 0 Å². The lowest BCUT2D eigenvalue weighted by Crippen LogP contribution is -2.13. The van der Waals surface area contributed by atoms with E-state index in [1.54, 1.807) is 31.2 Å². The molecule has 0 aromatic heterocycles. The fourth-order valence-electron chi connectivity index (χ4n) is 2.37. The van der Waals surface area contributed by atoms with Gasteiger partial charge in [0.1, 0.15) is 11.6 Å². The first-order valence-electron chi connectivity index (χ1n) is 8.44. The summed E-state index contributed by atoms with van der Waals surface area (Å²) in [6, 6.07) is 13.0. The van der Waals surface area contributed by atoms with E-state index in [0.29, 0.717) is 30.9 Å². The van der Waals surface area contributed by atoms with Crippen molar-refractivity contribution in [3.05, 3.63) is 59.9 Å². The quantitative estimate of drug-likeness (QED) is 0.666. The van der Waals surface area contributed by atoms with Gasteiger partial charge in [0.25, 0.3) is 0 Å². The fraction of sp³-hybridized carbons (Fsp3) is 0.300. The summed E-state index contributed by atoms with van der Waals surface area (Å²) in [6.07, 6.45) is 1.24. The molecule has 0 bridgehead atoms. The summed E-state index contributed by atoms with van der Waals surface area (Å²) < 4.78 is 18.4. The molecular weight excluding hydrogens is 337 g/mol. The number of ether oxygens (including phenoxy) is 1. The van der Waals surface area contributed by atoms with Gasteiger partial charge in [0.15, 0.2) is 0 Å². The largest absolute Gasteiger partial charge is 0.493 e. The van der Waals surface area contributed by atoms with Crippen LogP contribution >= 0.6 is 0 Å². The Labute approximate surface area is 151 Å². The van der Waals surface area contributed by atoms with Crippen molar-refractivity contribution in [2.24, 2.45) is 5.92 Å². The molecule has 0 fully saturated rings. The average Bonchev–Trinajstić information content (AvgIpc) is 2.60. The first-order valence-corrected chi connectivity index (χ1v) is 8.44. The standard InChI is InChI=1S/C20H22FNO4/c1-14(20(24)25)12-15-7-9-17(10-8-15)22-19(23)6-3-11-26-18-5-2-4-16(21)13-18/h2,4-5,7-10,13-14H,3,6,11-12H2,1H3,(H,22,23)(H,24,25). The molecule has 0 aliphatic rings. The molecule has 5 nitrogen and oxygen atoms in total. The lowest BCUT2D eigenvalue weighted by molar-refractivity contribution is -0.141. The molecule has 1 amide bonds. The van der Waals surface area contributed by atoms with Gasteiger partial charge in [-0.3, -0.25) is 9.59 Å². The van der Waals surface area contributed by atoms with Gasteiger partial charge in [-0.25, -0.2) is 4.39 Å². The minimum atomic E-state index is -0.831. The number of nitrogens with one attached hydrogen (secondary N) is 1. The van der Waals surface area contributed by atoms with Crippen LogP contribution in [0.5, 0.6) is 5.75 Å². The van der Waals surface area contributed by atoms with E-state index in [1.807, 2.05) is 12.1 Å². The zero-order chi connectivity index (χ0) is 18.9. The van der Waals surface area contributed by atoms with Gasteiger partial charge in [0.2, 0.25) is 5.91 Å². The van der Waals surface area contributed by atoms with Gasteiger partial charge in [0, 0.05) is 18.2 Å². The lowest BCUT2D eigenvalue weighted by Gasteiger charge is -2.09. The predicted molar refractivity (Wildman–Crippen MR) is 96.7 cm³/mol. The molecule has 0 aliphatic heterocycles. The van der Waals surface area contributed by atoms with E-state index in [1.165, 1.54) is 12.1 Å². The van der Waals surface area contributed by atoms with Gasteiger partial charge in [-0.15, -0.1) is 0 Å². The maximum Gasteiger partial charge on any atom is 0.306 e. The van der Waals surface area contributed by atoms with Gasteiger partial charge in [0.05, 0.1) is 12.5 Å². The molecule has 0 saturated heterocycles. The van der Waals surface area contributed by atoms with Crippen molar-refractivity contribution in [1.29, 1.82) is 0 Å². The number of benzene rings is 2. The van der Waals surface area contributed by atoms with E-state index in [2.05, 4.69) is 5.32 Å². The van der Waals surface area contributed by atoms with Gasteiger partial charge in [-0.2, -0.15) is 0 Å². The zero-order valence-corrected chi connectivity index (χ0v) is 14.6. The van der Waals surface area contributed by atoms with Crippen molar-refractivity contribution in [2.75, 3.05) is 11.9 Å². The van der Waals surface area contributed by atoms with E-state index >= 15 is 0 Å². The number of rotatable bonds is 9. The van der Waals surface area contributed by atoms with E-state index in [0.717, 1.165) is 5.56 Å². The Hall–Kier alpha value is -2.89. The number of amides is 1. The van der Waals surface area contributed by atoms with Crippen LogP contribution in [0, 0.1) is 11.7 Å². The van der Waals surface area contributed by atoms with E-state index in [4.69, 9.17) is 9.84 Å². The smallest absolute Gasteiger partial charge is 0.306 e. The van der Waals surface area contributed by atoms with Crippen molar-refractivity contribution >= 4 is 17.6 Å². The number of hydrogen-bond donors (Lipinski definition) is 2. The molecule has 2 rings (SSSR count). The Bertz CT molecular complexity index is 746. The molecule has 2 N–H and O–H groups in total. The molecule has 6 heteroatoms. The van der Waals surface area contributed by atoms with E-state index < -0.39 is 11.9 Å². The SMILES string of the molecule is CC(Cc1ccc(NC(=O)CCCOc2cccc(F)c2)cc1)C(=O)O. The second-order valence-electron chi connectivity index (χ2n) is 6.10. The number of halogens is 1. The molecular formula is C20H22FNO4. The van der Waals surface area contributed by atoms with Crippen LogP contribution in [0.1, 0.15) is 25.3 Å². The molecule has 1 atom stereocenters. The van der Waals surface area contributed by atoms with Crippen LogP contribution in [0.3, 0.4) is 0 Å². The highest BCUT2D eigenvalue weighted by Crippen LogP contribution is 2.15. The number of carbonyl (C=O) groups excluding carboxylic acids is 1. The Morgan fingerprint density at radius 2 is 1.92 bits per heavy atom. The summed E-state index contributed by atoms with van der Waals surface area (Å²) in [5, 5.41) is 11.7. The van der Waals surface area contributed by atoms with Crippen molar-refractivity contribution in [3.8, 4) is 5.75 Å². The van der Waals surface area contributed by atoms with Crippen LogP contribution in [0.2, 0.25) is 0 Å². The van der Waals surface area contributed by atoms with Crippen molar-refractivity contribution in [1.82, 2.24) is 0 Å². The summed E-state index contributed by atoms with van der Waals surface area (Å²) in [5.74, 6) is -1.34. The molecule has 138 valence electrons. The lowest BCUT2D eigenvalue weighted by atomic mass is 10.0. The molecule has 2 aromatic rings. The minimum Gasteiger partial charge on any atom is -0.493 e. The number of carboxylic acid groups (broad SMARTS) is 1. The summed E-state index contributed by atoms with van der Waals surface area (Å²) in [6.45, 7) is 1.98. The summed E-state index contributed by atoms with van der Waals surface area (Å²) >= 11 is 0.